The summed E-state index contributed by atoms with van der Waals surface area (Å²) in [5.74, 6) is 1.20. The van der Waals surface area contributed by atoms with Gasteiger partial charge < -0.3 is 10.2 Å². The standard InChI is InChI=1S/C14H27N3O/c1-2-3-13-4-8-17(9-5-13)14(18)12-16-10-6-15-7-11-16/h13,15H,2-12H2,1H3. The summed E-state index contributed by atoms with van der Waals surface area (Å²) in [6, 6.07) is 0. The van der Waals surface area contributed by atoms with E-state index in [1.165, 1.54) is 25.7 Å². The zero-order valence-corrected chi connectivity index (χ0v) is 11.7. The molecule has 4 heteroatoms. The fraction of sp³-hybridized carbons (Fsp3) is 0.929. The van der Waals surface area contributed by atoms with E-state index in [9.17, 15) is 4.79 Å². The Bertz CT molecular complexity index is 256. The van der Waals surface area contributed by atoms with Gasteiger partial charge in [-0.05, 0) is 18.8 Å². The smallest absolute Gasteiger partial charge is 0.236 e. The first-order valence-corrected chi connectivity index (χ1v) is 7.50. The summed E-state index contributed by atoms with van der Waals surface area (Å²) < 4.78 is 0. The second kappa shape index (κ2) is 7.10. The highest BCUT2D eigenvalue weighted by Crippen LogP contribution is 2.21. The molecule has 2 fully saturated rings. The topological polar surface area (TPSA) is 35.6 Å². The number of rotatable bonds is 4. The largest absolute Gasteiger partial charge is 0.342 e. The van der Waals surface area contributed by atoms with Crippen molar-refractivity contribution in [3.8, 4) is 0 Å². The number of piperazine rings is 1. The summed E-state index contributed by atoms with van der Waals surface area (Å²) in [5, 5.41) is 3.32. The number of nitrogens with one attached hydrogen (secondary N) is 1. The monoisotopic (exact) mass is 253 g/mol. The van der Waals surface area contributed by atoms with Crippen molar-refractivity contribution in [1.29, 1.82) is 0 Å². The van der Waals surface area contributed by atoms with Gasteiger partial charge in [0.25, 0.3) is 0 Å². The van der Waals surface area contributed by atoms with E-state index < -0.39 is 0 Å². The number of nitrogens with zero attached hydrogens (tertiary/aromatic N) is 2. The van der Waals surface area contributed by atoms with Gasteiger partial charge in [-0.15, -0.1) is 0 Å². The normalized spacial score (nSPS) is 23.3. The van der Waals surface area contributed by atoms with Gasteiger partial charge in [0.05, 0.1) is 6.54 Å². The summed E-state index contributed by atoms with van der Waals surface area (Å²) in [6.45, 7) is 8.90. The van der Waals surface area contributed by atoms with Gasteiger partial charge in [0.2, 0.25) is 5.91 Å². The molecule has 2 heterocycles. The highest BCUT2D eigenvalue weighted by atomic mass is 16.2. The summed E-state index contributed by atoms with van der Waals surface area (Å²) in [6.07, 6.45) is 5.03. The molecular weight excluding hydrogens is 226 g/mol. The molecule has 0 bridgehead atoms. The van der Waals surface area contributed by atoms with Gasteiger partial charge in [-0.2, -0.15) is 0 Å². The fourth-order valence-corrected chi connectivity index (χ4v) is 3.04. The number of amides is 1. The Kier molecular flexibility index (Phi) is 5.45. The van der Waals surface area contributed by atoms with Crippen molar-refractivity contribution in [3.63, 3.8) is 0 Å². The average Bonchev–Trinajstić information content (AvgIpc) is 2.41. The molecule has 1 amide bonds. The van der Waals surface area contributed by atoms with Gasteiger partial charge in [-0.3, -0.25) is 9.69 Å². The van der Waals surface area contributed by atoms with Gasteiger partial charge in [0.1, 0.15) is 0 Å². The van der Waals surface area contributed by atoms with Crippen LogP contribution in [0, 0.1) is 5.92 Å². The van der Waals surface area contributed by atoms with Crippen molar-refractivity contribution >= 4 is 5.91 Å². The molecule has 2 rings (SSSR count). The SMILES string of the molecule is CCCC1CCN(C(=O)CN2CCNCC2)CC1. The van der Waals surface area contributed by atoms with Crippen LogP contribution in [-0.2, 0) is 4.79 Å². The lowest BCUT2D eigenvalue weighted by Gasteiger charge is -2.34. The van der Waals surface area contributed by atoms with E-state index in [1.807, 2.05) is 0 Å². The number of carbonyl (C=O) groups excluding carboxylic acids is 1. The Morgan fingerprint density at radius 1 is 1.17 bits per heavy atom. The molecule has 0 saturated carbocycles. The molecule has 0 atom stereocenters. The predicted octanol–water partition coefficient (Wildman–Crippen LogP) is 0.930. The number of hydrogen-bond acceptors (Lipinski definition) is 3. The van der Waals surface area contributed by atoms with Crippen LogP contribution in [0.4, 0.5) is 0 Å². The molecule has 104 valence electrons. The highest BCUT2D eigenvalue weighted by molar-refractivity contribution is 5.78. The van der Waals surface area contributed by atoms with Crippen LogP contribution in [0.25, 0.3) is 0 Å². The molecule has 18 heavy (non-hydrogen) atoms. The Morgan fingerprint density at radius 2 is 1.83 bits per heavy atom. The van der Waals surface area contributed by atoms with E-state index in [0.29, 0.717) is 12.5 Å². The van der Waals surface area contributed by atoms with Crippen LogP contribution in [0.5, 0.6) is 0 Å². The van der Waals surface area contributed by atoms with Gasteiger partial charge >= 0.3 is 0 Å². The zero-order valence-electron chi connectivity index (χ0n) is 11.7. The van der Waals surface area contributed by atoms with Crippen molar-refractivity contribution in [2.75, 3.05) is 45.8 Å². The first-order valence-electron chi connectivity index (χ1n) is 7.50. The molecule has 0 unspecified atom stereocenters. The molecule has 1 N–H and O–H groups in total. The summed E-state index contributed by atoms with van der Waals surface area (Å²) in [4.78, 5) is 16.5. The Morgan fingerprint density at radius 3 is 2.44 bits per heavy atom. The quantitative estimate of drug-likeness (QED) is 0.809. The van der Waals surface area contributed by atoms with Crippen LogP contribution in [0.1, 0.15) is 32.6 Å². The molecular formula is C14H27N3O. The van der Waals surface area contributed by atoms with Gasteiger partial charge in [0, 0.05) is 39.3 Å². The molecule has 2 saturated heterocycles. The van der Waals surface area contributed by atoms with Gasteiger partial charge in [-0.1, -0.05) is 19.8 Å². The molecule has 0 spiro atoms. The van der Waals surface area contributed by atoms with E-state index in [0.717, 1.165) is 45.2 Å². The van der Waals surface area contributed by atoms with E-state index in [-0.39, 0.29) is 0 Å². The molecule has 0 aromatic carbocycles. The van der Waals surface area contributed by atoms with Crippen LogP contribution in [0.3, 0.4) is 0 Å². The highest BCUT2D eigenvalue weighted by Gasteiger charge is 2.23. The van der Waals surface area contributed by atoms with Crippen molar-refractivity contribution in [2.45, 2.75) is 32.6 Å². The van der Waals surface area contributed by atoms with Crippen LogP contribution in [-0.4, -0.2) is 61.5 Å². The number of carbonyl (C=O) groups is 1. The molecule has 0 aromatic heterocycles. The molecule has 4 nitrogen and oxygen atoms in total. The maximum Gasteiger partial charge on any atom is 0.236 e. The number of likely N-dealkylation sites (tertiary alicyclic amines) is 1. The van der Waals surface area contributed by atoms with Crippen LogP contribution >= 0.6 is 0 Å². The van der Waals surface area contributed by atoms with E-state index >= 15 is 0 Å². The third kappa shape index (κ3) is 3.95. The first-order chi connectivity index (χ1) is 8.79. The first kappa shape index (κ1) is 13.8. The predicted molar refractivity (Wildman–Crippen MR) is 73.5 cm³/mol. The van der Waals surface area contributed by atoms with Crippen molar-refractivity contribution < 1.29 is 4.79 Å². The maximum atomic E-state index is 12.2. The third-order valence-corrected chi connectivity index (χ3v) is 4.23. The van der Waals surface area contributed by atoms with Crippen molar-refractivity contribution in [3.05, 3.63) is 0 Å². The molecule has 0 aromatic rings. The molecule has 2 aliphatic heterocycles. The molecule has 0 radical (unpaired) electrons. The Balaban J connectivity index is 1.70. The van der Waals surface area contributed by atoms with Gasteiger partial charge in [0.15, 0.2) is 0 Å². The minimum atomic E-state index is 0.340. The Labute approximate surface area is 111 Å². The number of hydrogen-bond donors (Lipinski definition) is 1. The number of piperidine rings is 1. The van der Waals surface area contributed by atoms with E-state index in [4.69, 9.17) is 0 Å². The van der Waals surface area contributed by atoms with Crippen LogP contribution in [0.15, 0.2) is 0 Å². The average molecular weight is 253 g/mol. The Hall–Kier alpha value is -0.610. The van der Waals surface area contributed by atoms with Crippen LogP contribution in [0.2, 0.25) is 0 Å². The minimum Gasteiger partial charge on any atom is -0.342 e. The lowest BCUT2D eigenvalue weighted by atomic mass is 9.92. The minimum absolute atomic E-state index is 0.340. The van der Waals surface area contributed by atoms with Gasteiger partial charge in [-0.25, -0.2) is 0 Å². The summed E-state index contributed by atoms with van der Waals surface area (Å²) >= 11 is 0. The lowest BCUT2D eigenvalue weighted by molar-refractivity contribution is -0.134. The van der Waals surface area contributed by atoms with Crippen LogP contribution < -0.4 is 5.32 Å². The second-order valence-electron chi connectivity index (χ2n) is 5.64. The summed E-state index contributed by atoms with van der Waals surface area (Å²) in [5.41, 5.74) is 0. The van der Waals surface area contributed by atoms with Crippen molar-refractivity contribution in [1.82, 2.24) is 15.1 Å². The molecule has 0 aliphatic carbocycles. The van der Waals surface area contributed by atoms with E-state index in [2.05, 4.69) is 22.0 Å². The fourth-order valence-electron chi connectivity index (χ4n) is 3.04. The lowest BCUT2D eigenvalue weighted by Crippen LogP contribution is -2.49. The molecule has 2 aliphatic rings. The maximum absolute atomic E-state index is 12.2. The third-order valence-electron chi connectivity index (χ3n) is 4.23. The zero-order chi connectivity index (χ0) is 12.8. The summed E-state index contributed by atoms with van der Waals surface area (Å²) in [7, 11) is 0. The second-order valence-corrected chi connectivity index (χ2v) is 5.64. The van der Waals surface area contributed by atoms with E-state index in [1.54, 1.807) is 0 Å². The van der Waals surface area contributed by atoms with Crippen molar-refractivity contribution in [2.24, 2.45) is 5.92 Å².